The Labute approximate surface area is 99.1 Å². The number of fused-ring (bicyclic) bond motifs is 1. The topological polar surface area (TPSA) is 43.8 Å². The molecule has 0 amide bonds. The lowest BCUT2D eigenvalue weighted by molar-refractivity contribution is 0.557. The molecule has 1 aliphatic rings. The smallest absolute Gasteiger partial charge is 0.125 e. The number of rotatable bonds is 1. The van der Waals surface area contributed by atoms with Crippen LogP contribution in [0.5, 0.6) is 0 Å². The molecule has 0 saturated heterocycles. The van der Waals surface area contributed by atoms with E-state index in [1.165, 1.54) is 12.1 Å². The second-order valence-corrected chi connectivity index (χ2v) is 4.44. The highest BCUT2D eigenvalue weighted by Gasteiger charge is 2.21. The summed E-state index contributed by atoms with van der Waals surface area (Å²) in [5, 5.41) is 4.33. The first-order valence-corrected chi connectivity index (χ1v) is 5.84. The molecule has 3 rings (SSSR count). The van der Waals surface area contributed by atoms with Gasteiger partial charge in [0.1, 0.15) is 5.82 Å². The quantitative estimate of drug-likeness (QED) is 0.818. The maximum Gasteiger partial charge on any atom is 0.125 e. The van der Waals surface area contributed by atoms with Crippen molar-refractivity contribution in [3.63, 3.8) is 0 Å². The Hall–Kier alpha value is -1.68. The summed E-state index contributed by atoms with van der Waals surface area (Å²) in [4.78, 5) is 0. The maximum absolute atomic E-state index is 13.2. The van der Waals surface area contributed by atoms with Crippen LogP contribution in [0.25, 0.3) is 5.69 Å². The third kappa shape index (κ3) is 1.74. The zero-order valence-corrected chi connectivity index (χ0v) is 9.44. The van der Waals surface area contributed by atoms with Crippen LogP contribution in [0, 0.1) is 5.82 Å². The molecule has 0 aliphatic heterocycles. The van der Waals surface area contributed by atoms with E-state index in [9.17, 15) is 4.39 Å². The number of benzene rings is 1. The van der Waals surface area contributed by atoms with Gasteiger partial charge in [-0.25, -0.2) is 9.07 Å². The molecule has 1 heterocycles. The lowest BCUT2D eigenvalue weighted by atomic mass is 9.94. The van der Waals surface area contributed by atoms with E-state index in [2.05, 4.69) is 5.10 Å². The highest BCUT2D eigenvalue weighted by atomic mass is 19.1. The molecule has 88 valence electrons. The zero-order chi connectivity index (χ0) is 11.8. The summed E-state index contributed by atoms with van der Waals surface area (Å²) < 4.78 is 15.0. The van der Waals surface area contributed by atoms with E-state index in [0.717, 1.165) is 36.2 Å². The molecule has 1 aliphatic carbocycles. The molecule has 0 bridgehead atoms. The first kappa shape index (κ1) is 10.5. The molecule has 1 atom stereocenters. The van der Waals surface area contributed by atoms with Crippen molar-refractivity contribution in [2.45, 2.75) is 25.3 Å². The van der Waals surface area contributed by atoms with E-state index >= 15 is 0 Å². The molecule has 17 heavy (non-hydrogen) atoms. The molecular weight excluding hydrogens is 217 g/mol. The summed E-state index contributed by atoms with van der Waals surface area (Å²) in [7, 11) is 0. The number of hydrogen-bond acceptors (Lipinski definition) is 2. The molecule has 4 heteroatoms. The summed E-state index contributed by atoms with van der Waals surface area (Å²) in [6.07, 6.45) is 4.83. The molecule has 0 fully saturated rings. The molecule has 0 saturated carbocycles. The fourth-order valence-corrected chi connectivity index (χ4v) is 2.42. The fourth-order valence-electron chi connectivity index (χ4n) is 2.42. The van der Waals surface area contributed by atoms with Crippen molar-refractivity contribution in [2.75, 3.05) is 0 Å². The molecule has 1 unspecified atom stereocenters. The van der Waals surface area contributed by atoms with Crippen LogP contribution in [-0.4, -0.2) is 9.78 Å². The second kappa shape index (κ2) is 3.96. The monoisotopic (exact) mass is 231 g/mol. The Balaban J connectivity index is 2.10. The average molecular weight is 231 g/mol. The van der Waals surface area contributed by atoms with Gasteiger partial charge in [0.25, 0.3) is 0 Å². The molecule has 1 aromatic carbocycles. The van der Waals surface area contributed by atoms with Gasteiger partial charge >= 0.3 is 0 Å². The van der Waals surface area contributed by atoms with Gasteiger partial charge in [-0.15, -0.1) is 0 Å². The van der Waals surface area contributed by atoms with Gasteiger partial charge in [0.05, 0.1) is 11.9 Å². The van der Waals surface area contributed by atoms with E-state index in [4.69, 9.17) is 5.73 Å². The lowest BCUT2D eigenvalue weighted by Crippen LogP contribution is -2.18. The van der Waals surface area contributed by atoms with E-state index in [-0.39, 0.29) is 11.9 Å². The van der Waals surface area contributed by atoms with Gasteiger partial charge in [-0.05, 0) is 37.5 Å². The van der Waals surface area contributed by atoms with Gasteiger partial charge in [0, 0.05) is 17.3 Å². The summed E-state index contributed by atoms with van der Waals surface area (Å²) >= 11 is 0. The number of hydrogen-bond donors (Lipinski definition) is 1. The van der Waals surface area contributed by atoms with Crippen molar-refractivity contribution in [3.8, 4) is 5.69 Å². The summed E-state index contributed by atoms with van der Waals surface area (Å²) in [5.41, 5.74) is 9.02. The van der Waals surface area contributed by atoms with Gasteiger partial charge in [-0.3, -0.25) is 0 Å². The SMILES string of the molecule is NC1CCCc2c1cnn2-c1cccc(F)c1. The highest BCUT2D eigenvalue weighted by molar-refractivity contribution is 5.37. The molecule has 2 N–H and O–H groups in total. The first-order chi connectivity index (χ1) is 8.25. The molecule has 1 aromatic heterocycles. The molecule has 2 aromatic rings. The zero-order valence-electron chi connectivity index (χ0n) is 9.44. The van der Waals surface area contributed by atoms with Crippen LogP contribution in [0.3, 0.4) is 0 Å². The predicted octanol–water partition coefficient (Wildman–Crippen LogP) is 2.35. The number of aromatic nitrogens is 2. The van der Waals surface area contributed by atoms with Crippen LogP contribution in [0.4, 0.5) is 4.39 Å². The van der Waals surface area contributed by atoms with Crippen LogP contribution in [0.1, 0.15) is 30.1 Å². The van der Waals surface area contributed by atoms with Crippen LogP contribution >= 0.6 is 0 Å². The van der Waals surface area contributed by atoms with Crippen molar-refractivity contribution in [1.29, 1.82) is 0 Å². The van der Waals surface area contributed by atoms with Gasteiger partial charge < -0.3 is 5.73 Å². The minimum atomic E-state index is -0.244. The van der Waals surface area contributed by atoms with Crippen LogP contribution < -0.4 is 5.73 Å². The third-order valence-corrected chi connectivity index (χ3v) is 3.28. The number of nitrogens with two attached hydrogens (primary N) is 1. The Bertz CT molecular complexity index is 547. The van der Waals surface area contributed by atoms with Crippen LogP contribution in [0.2, 0.25) is 0 Å². The van der Waals surface area contributed by atoms with Crippen molar-refractivity contribution in [2.24, 2.45) is 5.73 Å². The average Bonchev–Trinajstić information content (AvgIpc) is 2.74. The third-order valence-electron chi connectivity index (χ3n) is 3.28. The number of halogens is 1. The molecule has 3 nitrogen and oxygen atoms in total. The Morgan fingerprint density at radius 1 is 1.41 bits per heavy atom. The summed E-state index contributed by atoms with van der Waals surface area (Å²) in [6.45, 7) is 0. The van der Waals surface area contributed by atoms with E-state index in [0.29, 0.717) is 0 Å². The summed E-state index contributed by atoms with van der Waals surface area (Å²) in [6, 6.07) is 6.55. The van der Waals surface area contributed by atoms with Gasteiger partial charge in [0.15, 0.2) is 0 Å². The maximum atomic E-state index is 13.2. The molecule has 0 spiro atoms. The minimum absolute atomic E-state index is 0.0704. The standard InChI is InChI=1S/C13H14FN3/c14-9-3-1-4-10(7-9)17-13-6-2-5-12(15)11(13)8-16-17/h1,3-4,7-8,12H,2,5-6,15H2. The van der Waals surface area contributed by atoms with Crippen molar-refractivity contribution < 1.29 is 4.39 Å². The second-order valence-electron chi connectivity index (χ2n) is 4.44. The normalized spacial score (nSPS) is 19.1. The predicted molar refractivity (Wildman–Crippen MR) is 63.4 cm³/mol. The van der Waals surface area contributed by atoms with Crippen LogP contribution in [-0.2, 0) is 6.42 Å². The van der Waals surface area contributed by atoms with Crippen LogP contribution in [0.15, 0.2) is 30.5 Å². The molecular formula is C13H14FN3. The molecule has 0 radical (unpaired) electrons. The number of nitrogens with zero attached hydrogens (tertiary/aromatic N) is 2. The Morgan fingerprint density at radius 2 is 2.29 bits per heavy atom. The van der Waals surface area contributed by atoms with Gasteiger partial charge in [-0.1, -0.05) is 6.07 Å². The largest absolute Gasteiger partial charge is 0.324 e. The van der Waals surface area contributed by atoms with E-state index in [1.807, 2.05) is 12.3 Å². The van der Waals surface area contributed by atoms with Gasteiger partial charge in [0.2, 0.25) is 0 Å². The van der Waals surface area contributed by atoms with E-state index in [1.54, 1.807) is 10.7 Å². The minimum Gasteiger partial charge on any atom is -0.324 e. The lowest BCUT2D eigenvalue weighted by Gasteiger charge is -2.19. The first-order valence-electron chi connectivity index (χ1n) is 5.84. The van der Waals surface area contributed by atoms with Crippen molar-refractivity contribution in [1.82, 2.24) is 9.78 Å². The van der Waals surface area contributed by atoms with Crippen molar-refractivity contribution >= 4 is 0 Å². The Kier molecular flexibility index (Phi) is 2.44. The van der Waals surface area contributed by atoms with Crippen molar-refractivity contribution in [3.05, 3.63) is 47.5 Å². The highest BCUT2D eigenvalue weighted by Crippen LogP contribution is 2.29. The van der Waals surface area contributed by atoms with E-state index < -0.39 is 0 Å². The fraction of sp³-hybridized carbons (Fsp3) is 0.308. The van der Waals surface area contributed by atoms with Gasteiger partial charge in [-0.2, -0.15) is 5.10 Å². The summed E-state index contributed by atoms with van der Waals surface area (Å²) in [5.74, 6) is -0.244. The Morgan fingerprint density at radius 3 is 3.12 bits per heavy atom.